The molecule has 0 heterocycles. The molecule has 0 radical (unpaired) electrons. The standard InChI is InChI=1S/C27H52O2/c1-4-7-20-26(21-8-5-2)22-18-16-14-12-10-11-13-15-17-19-24-27(26,25(28)29)23-9-6-3/h4-24H2,1-3H3,(H,28,29). The normalized spacial score (nSPS) is 24.7. The number of aliphatic carboxylic acids is 1. The first-order valence-corrected chi connectivity index (χ1v) is 13.3. The molecule has 1 aliphatic rings. The number of rotatable bonds is 10. The van der Waals surface area contributed by atoms with E-state index in [0.29, 0.717) is 0 Å². The van der Waals surface area contributed by atoms with Gasteiger partial charge in [-0.1, -0.05) is 124 Å². The lowest BCUT2D eigenvalue weighted by Gasteiger charge is -2.50. The Morgan fingerprint density at radius 1 is 0.621 bits per heavy atom. The quantitative estimate of drug-likeness (QED) is 0.391. The highest BCUT2D eigenvalue weighted by atomic mass is 16.4. The zero-order valence-electron chi connectivity index (χ0n) is 20.2. The summed E-state index contributed by atoms with van der Waals surface area (Å²) in [6.07, 6.45) is 25.1. The molecule has 0 aromatic heterocycles. The molecule has 1 saturated carbocycles. The van der Waals surface area contributed by atoms with Crippen LogP contribution in [-0.2, 0) is 4.79 Å². The van der Waals surface area contributed by atoms with Gasteiger partial charge in [-0.25, -0.2) is 0 Å². The number of unbranched alkanes of at least 4 members (excludes halogenated alkanes) is 3. The van der Waals surface area contributed by atoms with Crippen LogP contribution >= 0.6 is 0 Å². The lowest BCUT2D eigenvalue weighted by atomic mass is 9.53. The van der Waals surface area contributed by atoms with Crippen LogP contribution in [0.2, 0.25) is 0 Å². The summed E-state index contributed by atoms with van der Waals surface area (Å²) in [5, 5.41) is 10.8. The molecule has 0 aliphatic heterocycles. The van der Waals surface area contributed by atoms with Gasteiger partial charge in [0.2, 0.25) is 0 Å². The fourth-order valence-electron chi connectivity index (χ4n) is 6.00. The summed E-state index contributed by atoms with van der Waals surface area (Å²) < 4.78 is 0. The second-order valence-corrected chi connectivity index (χ2v) is 10.0. The molecule has 0 aromatic rings. The average Bonchev–Trinajstić information content (AvgIpc) is 2.72. The number of carboxylic acid groups (broad SMARTS) is 1. The summed E-state index contributed by atoms with van der Waals surface area (Å²) in [7, 11) is 0. The van der Waals surface area contributed by atoms with E-state index in [0.717, 1.165) is 51.4 Å². The Morgan fingerprint density at radius 2 is 1.00 bits per heavy atom. The van der Waals surface area contributed by atoms with Crippen molar-refractivity contribution in [1.29, 1.82) is 0 Å². The third kappa shape index (κ3) is 8.25. The van der Waals surface area contributed by atoms with E-state index in [4.69, 9.17) is 0 Å². The Balaban J connectivity index is 3.28. The van der Waals surface area contributed by atoms with Crippen molar-refractivity contribution in [2.75, 3.05) is 0 Å². The summed E-state index contributed by atoms with van der Waals surface area (Å²) in [5.41, 5.74) is -0.498. The molecule has 0 aromatic carbocycles. The fraction of sp³-hybridized carbons (Fsp3) is 0.963. The van der Waals surface area contributed by atoms with Crippen LogP contribution in [0.4, 0.5) is 0 Å². The molecule has 29 heavy (non-hydrogen) atoms. The second-order valence-electron chi connectivity index (χ2n) is 10.0. The molecule has 1 atom stereocenters. The SMILES string of the molecule is CCCCC1(CCCC)CCCCCCCCCCCCC1(CCCC)C(=O)O. The summed E-state index contributed by atoms with van der Waals surface area (Å²) >= 11 is 0. The van der Waals surface area contributed by atoms with Crippen LogP contribution in [0, 0.1) is 10.8 Å². The Labute approximate surface area is 182 Å². The van der Waals surface area contributed by atoms with Gasteiger partial charge in [0.1, 0.15) is 0 Å². The molecule has 0 bridgehead atoms. The molecular weight excluding hydrogens is 356 g/mol. The van der Waals surface area contributed by atoms with Gasteiger partial charge in [0, 0.05) is 0 Å². The fourth-order valence-corrected chi connectivity index (χ4v) is 6.00. The monoisotopic (exact) mass is 408 g/mol. The second kappa shape index (κ2) is 15.3. The topological polar surface area (TPSA) is 37.3 Å². The van der Waals surface area contributed by atoms with E-state index in [-0.39, 0.29) is 5.41 Å². The molecule has 2 nitrogen and oxygen atoms in total. The molecule has 1 fully saturated rings. The minimum Gasteiger partial charge on any atom is -0.481 e. The summed E-state index contributed by atoms with van der Waals surface area (Å²) in [5.74, 6) is -0.467. The van der Waals surface area contributed by atoms with E-state index < -0.39 is 11.4 Å². The van der Waals surface area contributed by atoms with Crippen molar-refractivity contribution in [3.8, 4) is 0 Å². The number of hydrogen-bond donors (Lipinski definition) is 1. The van der Waals surface area contributed by atoms with Crippen molar-refractivity contribution in [3.63, 3.8) is 0 Å². The van der Waals surface area contributed by atoms with Crippen LogP contribution in [0.25, 0.3) is 0 Å². The molecule has 2 heteroatoms. The predicted octanol–water partition coefficient (Wildman–Crippen LogP) is 9.31. The minimum absolute atomic E-state index is 0.00411. The Kier molecular flexibility index (Phi) is 14.0. The molecular formula is C27H52O2. The first kappa shape index (κ1) is 26.5. The van der Waals surface area contributed by atoms with Crippen molar-refractivity contribution in [2.45, 2.75) is 156 Å². The molecule has 0 spiro atoms. The van der Waals surface area contributed by atoms with Gasteiger partial charge in [-0.05, 0) is 37.5 Å². The van der Waals surface area contributed by atoms with Crippen LogP contribution in [0.5, 0.6) is 0 Å². The van der Waals surface area contributed by atoms with Crippen molar-refractivity contribution >= 4 is 5.97 Å². The van der Waals surface area contributed by atoms with Gasteiger partial charge in [-0.15, -0.1) is 0 Å². The molecule has 172 valence electrons. The number of carbonyl (C=O) groups is 1. The van der Waals surface area contributed by atoms with E-state index in [9.17, 15) is 9.90 Å². The molecule has 1 aliphatic carbocycles. The molecule has 1 N–H and O–H groups in total. The minimum atomic E-state index is -0.503. The van der Waals surface area contributed by atoms with E-state index >= 15 is 0 Å². The van der Waals surface area contributed by atoms with Crippen LogP contribution in [0.3, 0.4) is 0 Å². The summed E-state index contributed by atoms with van der Waals surface area (Å²) in [6.45, 7) is 6.76. The van der Waals surface area contributed by atoms with Gasteiger partial charge in [0.05, 0.1) is 5.41 Å². The van der Waals surface area contributed by atoms with E-state index in [1.807, 2.05) is 0 Å². The van der Waals surface area contributed by atoms with Crippen molar-refractivity contribution in [1.82, 2.24) is 0 Å². The zero-order valence-corrected chi connectivity index (χ0v) is 20.2. The Hall–Kier alpha value is -0.530. The average molecular weight is 409 g/mol. The van der Waals surface area contributed by atoms with Crippen LogP contribution < -0.4 is 0 Å². The van der Waals surface area contributed by atoms with Gasteiger partial charge in [0.15, 0.2) is 0 Å². The van der Waals surface area contributed by atoms with E-state index in [1.165, 1.54) is 83.5 Å². The Morgan fingerprint density at radius 3 is 1.41 bits per heavy atom. The summed E-state index contributed by atoms with van der Waals surface area (Å²) in [6, 6.07) is 0. The van der Waals surface area contributed by atoms with Gasteiger partial charge < -0.3 is 5.11 Å². The molecule has 1 rings (SSSR count). The third-order valence-electron chi connectivity index (χ3n) is 7.91. The molecule has 0 saturated heterocycles. The number of hydrogen-bond acceptors (Lipinski definition) is 1. The predicted molar refractivity (Wildman–Crippen MR) is 126 cm³/mol. The maximum atomic E-state index is 13.1. The number of carboxylic acids is 1. The maximum absolute atomic E-state index is 13.1. The van der Waals surface area contributed by atoms with Crippen LogP contribution in [0.15, 0.2) is 0 Å². The highest BCUT2D eigenvalue weighted by molar-refractivity contribution is 5.76. The highest BCUT2D eigenvalue weighted by Crippen LogP contribution is 2.56. The van der Waals surface area contributed by atoms with Gasteiger partial charge in [0.25, 0.3) is 0 Å². The van der Waals surface area contributed by atoms with Crippen molar-refractivity contribution in [2.24, 2.45) is 10.8 Å². The molecule has 0 amide bonds. The van der Waals surface area contributed by atoms with E-state index in [2.05, 4.69) is 20.8 Å². The summed E-state index contributed by atoms with van der Waals surface area (Å²) in [4.78, 5) is 13.1. The van der Waals surface area contributed by atoms with E-state index in [1.54, 1.807) is 0 Å². The van der Waals surface area contributed by atoms with Crippen LogP contribution in [0.1, 0.15) is 156 Å². The lowest BCUT2D eigenvalue weighted by molar-refractivity contribution is -0.164. The molecule has 1 unspecified atom stereocenters. The van der Waals surface area contributed by atoms with Gasteiger partial charge >= 0.3 is 5.97 Å². The first-order valence-electron chi connectivity index (χ1n) is 13.3. The lowest BCUT2D eigenvalue weighted by Crippen LogP contribution is -2.48. The smallest absolute Gasteiger partial charge is 0.310 e. The maximum Gasteiger partial charge on any atom is 0.310 e. The van der Waals surface area contributed by atoms with Crippen molar-refractivity contribution in [3.05, 3.63) is 0 Å². The van der Waals surface area contributed by atoms with Gasteiger partial charge in [-0.3, -0.25) is 4.79 Å². The first-order chi connectivity index (χ1) is 14.1. The highest BCUT2D eigenvalue weighted by Gasteiger charge is 2.53. The van der Waals surface area contributed by atoms with Crippen LogP contribution in [-0.4, -0.2) is 11.1 Å². The zero-order chi connectivity index (χ0) is 21.4. The third-order valence-corrected chi connectivity index (χ3v) is 7.91. The largest absolute Gasteiger partial charge is 0.481 e. The van der Waals surface area contributed by atoms with Gasteiger partial charge in [-0.2, -0.15) is 0 Å². The Bertz CT molecular complexity index is 409. The van der Waals surface area contributed by atoms with Crippen molar-refractivity contribution < 1.29 is 9.90 Å².